The highest BCUT2D eigenvalue weighted by molar-refractivity contribution is 7.20. The number of thiazole rings is 1. The topological polar surface area (TPSA) is 109 Å². The van der Waals surface area contributed by atoms with E-state index in [2.05, 4.69) is 14.9 Å². The first-order valence-electron chi connectivity index (χ1n) is 11.5. The quantitative estimate of drug-likeness (QED) is 0.407. The van der Waals surface area contributed by atoms with Gasteiger partial charge in [0.15, 0.2) is 5.65 Å². The molecule has 3 fully saturated rings. The van der Waals surface area contributed by atoms with Crippen LogP contribution >= 0.6 is 11.3 Å². The lowest BCUT2D eigenvalue weighted by Crippen LogP contribution is -2.58. The van der Waals surface area contributed by atoms with E-state index in [1.54, 1.807) is 19.4 Å². The third kappa shape index (κ3) is 4.85. The number of hydrogen-bond donors (Lipinski definition) is 1. The molecule has 3 aliphatic heterocycles. The largest absolute Gasteiger partial charge is 0.483 e. The molecule has 3 saturated heterocycles. The van der Waals surface area contributed by atoms with Crippen molar-refractivity contribution in [2.24, 2.45) is 5.92 Å². The van der Waals surface area contributed by atoms with Gasteiger partial charge in [0.05, 0.1) is 11.0 Å². The molecule has 0 aliphatic carbocycles. The van der Waals surface area contributed by atoms with E-state index in [1.807, 2.05) is 35.2 Å². The number of benzene rings is 1. The van der Waals surface area contributed by atoms with Gasteiger partial charge in [-0.1, -0.05) is 11.3 Å². The number of fused-ring (bicyclic) bond motifs is 5. The van der Waals surface area contributed by atoms with E-state index in [9.17, 15) is 4.79 Å². The second kappa shape index (κ2) is 10.0. The van der Waals surface area contributed by atoms with Gasteiger partial charge in [-0.15, -0.1) is 0 Å². The van der Waals surface area contributed by atoms with E-state index < -0.39 is 0 Å². The molecule has 0 unspecified atom stereocenters. The number of furan rings is 1. The van der Waals surface area contributed by atoms with Crippen LogP contribution in [0.2, 0.25) is 0 Å². The molecule has 1 aromatic carbocycles. The van der Waals surface area contributed by atoms with E-state index in [0.717, 1.165) is 40.9 Å². The Kier molecular flexibility index (Phi) is 6.65. The van der Waals surface area contributed by atoms with Gasteiger partial charge in [-0.3, -0.25) is 9.59 Å². The van der Waals surface area contributed by atoms with Crippen molar-refractivity contribution in [3.05, 3.63) is 48.4 Å². The Labute approximate surface area is 205 Å². The van der Waals surface area contributed by atoms with Crippen LogP contribution in [0.15, 0.2) is 47.2 Å². The van der Waals surface area contributed by atoms with E-state index in [0.29, 0.717) is 29.1 Å². The van der Waals surface area contributed by atoms with Crippen molar-refractivity contribution < 1.29 is 23.8 Å². The van der Waals surface area contributed by atoms with Gasteiger partial charge in [0, 0.05) is 49.3 Å². The van der Waals surface area contributed by atoms with Crippen molar-refractivity contribution in [1.29, 1.82) is 0 Å². The minimum Gasteiger partial charge on any atom is -0.483 e. The summed E-state index contributed by atoms with van der Waals surface area (Å²) in [6.45, 7) is 5.30. The van der Waals surface area contributed by atoms with Gasteiger partial charge >= 0.3 is 0 Å². The molecule has 0 radical (unpaired) electrons. The number of hydrogen-bond acceptors (Lipinski definition) is 8. The molecule has 3 aliphatic rings. The van der Waals surface area contributed by atoms with Gasteiger partial charge in [-0.05, 0) is 56.1 Å². The van der Waals surface area contributed by atoms with Crippen LogP contribution in [0.1, 0.15) is 25.3 Å². The highest BCUT2D eigenvalue weighted by Gasteiger charge is 2.38. The normalized spacial score (nSPS) is 20.9. The Morgan fingerprint density at radius 2 is 2.14 bits per heavy atom. The maximum Gasteiger partial charge on any atom is 0.290 e. The van der Waals surface area contributed by atoms with E-state index >= 15 is 0 Å². The summed E-state index contributed by atoms with van der Waals surface area (Å²) in [7, 11) is 0. The van der Waals surface area contributed by atoms with Gasteiger partial charge in [-0.2, -0.15) is 4.98 Å². The predicted octanol–water partition coefficient (Wildman–Crippen LogP) is 4.37. The van der Waals surface area contributed by atoms with Crippen LogP contribution in [0.25, 0.3) is 21.3 Å². The van der Waals surface area contributed by atoms with E-state index in [1.165, 1.54) is 24.2 Å². The molecule has 1 N–H and O–H groups in total. The molecule has 2 bridgehead atoms. The summed E-state index contributed by atoms with van der Waals surface area (Å²) in [5.41, 5.74) is 2.46. The molecule has 4 aromatic rings. The Hall–Kier alpha value is -3.50. The molecular weight excluding hydrogens is 468 g/mol. The second-order valence-electron chi connectivity index (χ2n) is 8.78. The lowest BCUT2D eigenvalue weighted by molar-refractivity contribution is -0.136. The van der Waals surface area contributed by atoms with Gasteiger partial charge in [0.25, 0.3) is 11.7 Å². The Balaban J connectivity index is 0.000000806. The molecule has 9 nitrogen and oxygen atoms in total. The number of rotatable bonds is 5. The minimum atomic E-state index is -0.250. The van der Waals surface area contributed by atoms with Crippen LogP contribution in [0.4, 0.5) is 0 Å². The van der Waals surface area contributed by atoms with Crippen LogP contribution in [0.3, 0.4) is 0 Å². The number of amides is 1. The van der Waals surface area contributed by atoms with Crippen LogP contribution in [0, 0.1) is 5.92 Å². The molecule has 182 valence electrons. The summed E-state index contributed by atoms with van der Waals surface area (Å²) in [5.74, 6) is 1.39. The maximum absolute atomic E-state index is 12.6. The average Bonchev–Trinajstić information content (AvgIpc) is 3.46. The molecule has 0 spiro atoms. The summed E-state index contributed by atoms with van der Waals surface area (Å²) < 4.78 is 12.8. The zero-order valence-corrected chi connectivity index (χ0v) is 20.1. The molecule has 1 atom stereocenters. The third-order valence-electron chi connectivity index (χ3n) is 6.74. The smallest absolute Gasteiger partial charge is 0.290 e. The SMILES string of the molecule is CC(=O)N(Cc1coc2cc(Oc3nc4ncccc4s3)ccc12)[C@H]1CN2CCC1CC2.O=CO. The first-order valence-corrected chi connectivity index (χ1v) is 12.3. The summed E-state index contributed by atoms with van der Waals surface area (Å²) in [4.78, 5) is 34.1. The fourth-order valence-corrected chi connectivity index (χ4v) is 5.87. The van der Waals surface area contributed by atoms with Crippen molar-refractivity contribution in [2.75, 3.05) is 19.6 Å². The highest BCUT2D eigenvalue weighted by atomic mass is 32.1. The highest BCUT2D eigenvalue weighted by Crippen LogP contribution is 2.35. The molecule has 35 heavy (non-hydrogen) atoms. The fourth-order valence-electron chi connectivity index (χ4n) is 5.08. The van der Waals surface area contributed by atoms with E-state index in [4.69, 9.17) is 19.1 Å². The molecule has 1 amide bonds. The molecular formula is C25H26N4O5S. The van der Waals surface area contributed by atoms with Gasteiger partial charge < -0.3 is 24.1 Å². The zero-order valence-electron chi connectivity index (χ0n) is 19.3. The van der Waals surface area contributed by atoms with Crippen LogP contribution in [-0.2, 0) is 16.1 Å². The first kappa shape index (κ1) is 23.3. The average molecular weight is 495 g/mol. The standard InChI is InChI=1S/C24H24N4O3S.CH2O2/c1-15(29)28(20-13-27-9-6-16(20)7-10-27)12-17-14-30-21-11-18(4-5-19(17)21)31-24-26-23-22(32-24)3-2-8-25-23;2-1-3/h2-5,8,11,14,16,20H,6-7,9-10,12-13H2,1H3;1H,(H,2,3)/t20-;/m0./s1. The predicted molar refractivity (Wildman–Crippen MR) is 132 cm³/mol. The fraction of sp³-hybridized carbons (Fsp3) is 0.360. The molecule has 0 saturated carbocycles. The molecule has 7 rings (SSSR count). The number of nitrogens with zero attached hydrogens (tertiary/aromatic N) is 4. The maximum atomic E-state index is 12.6. The Morgan fingerprint density at radius 3 is 2.83 bits per heavy atom. The molecule has 3 aromatic heterocycles. The number of carboxylic acid groups (broad SMARTS) is 1. The number of carbonyl (C=O) groups is 2. The van der Waals surface area contributed by atoms with Crippen LogP contribution < -0.4 is 4.74 Å². The summed E-state index contributed by atoms with van der Waals surface area (Å²) in [6.07, 6.45) is 5.86. The van der Waals surface area contributed by atoms with Gasteiger partial charge in [0.1, 0.15) is 11.3 Å². The minimum absolute atomic E-state index is 0.127. The summed E-state index contributed by atoms with van der Waals surface area (Å²) in [6, 6.07) is 9.96. The van der Waals surface area contributed by atoms with Crippen molar-refractivity contribution in [3.8, 4) is 10.9 Å². The number of ether oxygens (including phenoxy) is 1. The Bertz CT molecular complexity index is 1310. The number of carbonyl (C=O) groups excluding carboxylic acids is 1. The van der Waals surface area contributed by atoms with Crippen molar-refractivity contribution in [1.82, 2.24) is 19.8 Å². The van der Waals surface area contributed by atoms with Crippen molar-refractivity contribution in [2.45, 2.75) is 32.4 Å². The lowest BCUT2D eigenvalue weighted by atomic mass is 9.83. The van der Waals surface area contributed by atoms with Crippen LogP contribution in [0.5, 0.6) is 10.9 Å². The van der Waals surface area contributed by atoms with E-state index in [-0.39, 0.29) is 18.4 Å². The van der Waals surface area contributed by atoms with Gasteiger partial charge in [0.2, 0.25) is 5.91 Å². The molecule has 6 heterocycles. The van der Waals surface area contributed by atoms with Gasteiger partial charge in [-0.25, -0.2) is 4.98 Å². The molecule has 10 heteroatoms. The first-order chi connectivity index (χ1) is 17.1. The lowest BCUT2D eigenvalue weighted by Gasteiger charge is -2.48. The van der Waals surface area contributed by atoms with Crippen LogP contribution in [-0.4, -0.2) is 62.9 Å². The van der Waals surface area contributed by atoms with Crippen molar-refractivity contribution >= 4 is 45.0 Å². The Morgan fingerprint density at radius 1 is 1.34 bits per heavy atom. The zero-order chi connectivity index (χ0) is 24.4. The second-order valence-corrected chi connectivity index (χ2v) is 9.78. The monoisotopic (exact) mass is 494 g/mol. The third-order valence-corrected chi connectivity index (χ3v) is 7.63. The number of aromatic nitrogens is 2. The summed E-state index contributed by atoms with van der Waals surface area (Å²) in [5, 5.41) is 8.45. The number of piperidine rings is 3. The van der Waals surface area contributed by atoms with Crippen molar-refractivity contribution in [3.63, 3.8) is 0 Å². The summed E-state index contributed by atoms with van der Waals surface area (Å²) >= 11 is 1.46. The number of pyridine rings is 1.